The zero-order chi connectivity index (χ0) is 23.4. The summed E-state index contributed by atoms with van der Waals surface area (Å²) in [7, 11) is 0. The van der Waals surface area contributed by atoms with Gasteiger partial charge in [-0.3, -0.25) is 9.89 Å². The molecule has 3 aromatic carbocycles. The number of nitrogens with one attached hydrogen (secondary N) is 1. The molecule has 0 aliphatic rings. The molecule has 33 heavy (non-hydrogen) atoms. The van der Waals surface area contributed by atoms with Crippen LogP contribution in [0.5, 0.6) is 5.75 Å². The second-order valence-corrected chi connectivity index (χ2v) is 8.44. The van der Waals surface area contributed by atoms with Crippen molar-refractivity contribution in [2.45, 2.75) is 40.2 Å². The van der Waals surface area contributed by atoms with Crippen molar-refractivity contribution in [1.82, 2.24) is 9.78 Å². The van der Waals surface area contributed by atoms with E-state index >= 15 is 0 Å². The molecular weight excluding hydrogens is 412 g/mol. The zero-order valence-corrected chi connectivity index (χ0v) is 19.2. The molecule has 0 unspecified atom stereocenters. The Morgan fingerprint density at radius 3 is 2.30 bits per heavy atom. The zero-order valence-electron chi connectivity index (χ0n) is 19.2. The van der Waals surface area contributed by atoms with Gasteiger partial charge in [-0.25, -0.2) is 4.68 Å². The lowest BCUT2D eigenvalue weighted by Crippen LogP contribution is -2.17. The van der Waals surface area contributed by atoms with Crippen LogP contribution in [0.1, 0.15) is 33.5 Å². The van der Waals surface area contributed by atoms with Gasteiger partial charge in [-0.05, 0) is 56.4 Å². The Balaban J connectivity index is 1.52. The minimum absolute atomic E-state index is 0.100. The molecule has 4 rings (SSSR count). The number of aromatic nitrogens is 2. The van der Waals surface area contributed by atoms with Crippen molar-refractivity contribution in [2.24, 2.45) is 10.2 Å². The Kier molecular flexibility index (Phi) is 6.54. The van der Waals surface area contributed by atoms with Gasteiger partial charge in [0.25, 0.3) is 5.56 Å². The summed E-state index contributed by atoms with van der Waals surface area (Å²) in [4.78, 5) is 12.8. The summed E-state index contributed by atoms with van der Waals surface area (Å²) in [6, 6.07) is 21.7. The molecular formula is C27H28N4O2. The Labute approximate surface area is 193 Å². The van der Waals surface area contributed by atoms with Crippen LogP contribution in [0.3, 0.4) is 0 Å². The molecule has 1 heterocycles. The number of para-hydroxylation sites is 1. The molecule has 0 saturated heterocycles. The lowest BCUT2D eigenvalue weighted by atomic mass is 10.00. The molecule has 0 aliphatic heterocycles. The number of azo groups is 1. The maximum absolute atomic E-state index is 12.8. The smallest absolute Gasteiger partial charge is 0.294 e. The van der Waals surface area contributed by atoms with Crippen LogP contribution in [0.25, 0.3) is 0 Å². The third-order valence-corrected chi connectivity index (χ3v) is 5.61. The van der Waals surface area contributed by atoms with Crippen molar-refractivity contribution in [1.29, 1.82) is 0 Å². The minimum Gasteiger partial charge on any atom is -0.505 e. The van der Waals surface area contributed by atoms with E-state index in [1.54, 1.807) is 13.0 Å². The number of aryl methyl sites for hydroxylation is 5. The number of aromatic hydroxyl groups is 1. The highest BCUT2D eigenvalue weighted by molar-refractivity contribution is 5.55. The second kappa shape index (κ2) is 9.69. The van der Waals surface area contributed by atoms with E-state index in [2.05, 4.69) is 47.4 Å². The van der Waals surface area contributed by atoms with Gasteiger partial charge in [0.15, 0.2) is 5.69 Å². The van der Waals surface area contributed by atoms with Gasteiger partial charge < -0.3 is 5.11 Å². The molecule has 0 saturated carbocycles. The van der Waals surface area contributed by atoms with Gasteiger partial charge in [0, 0.05) is 0 Å². The Morgan fingerprint density at radius 2 is 1.58 bits per heavy atom. The van der Waals surface area contributed by atoms with E-state index in [4.69, 9.17) is 0 Å². The summed E-state index contributed by atoms with van der Waals surface area (Å²) in [5, 5.41) is 22.2. The molecule has 0 bridgehead atoms. The van der Waals surface area contributed by atoms with Gasteiger partial charge in [0.1, 0.15) is 11.4 Å². The van der Waals surface area contributed by atoms with Crippen LogP contribution in [0.15, 0.2) is 81.8 Å². The topological polar surface area (TPSA) is 82.7 Å². The Hall–Kier alpha value is -3.93. The SMILES string of the molecule is Cc1cc(C)cc(CCc2cccc(N=Nc3c(C)[nH]n(Cc4ccccc4)c3=O)c2O)c1. The van der Waals surface area contributed by atoms with E-state index in [1.807, 2.05) is 42.5 Å². The molecule has 0 atom stereocenters. The molecule has 1 aromatic heterocycles. The Morgan fingerprint density at radius 1 is 0.848 bits per heavy atom. The van der Waals surface area contributed by atoms with Crippen molar-refractivity contribution in [3.05, 3.63) is 111 Å². The summed E-state index contributed by atoms with van der Waals surface area (Å²) in [5.74, 6) is 0.100. The number of hydrogen-bond donors (Lipinski definition) is 2. The van der Waals surface area contributed by atoms with Crippen LogP contribution < -0.4 is 5.56 Å². The van der Waals surface area contributed by atoms with E-state index in [9.17, 15) is 9.90 Å². The normalized spacial score (nSPS) is 11.4. The molecule has 4 aromatic rings. The summed E-state index contributed by atoms with van der Waals surface area (Å²) in [6.07, 6.45) is 1.50. The summed E-state index contributed by atoms with van der Waals surface area (Å²) >= 11 is 0. The summed E-state index contributed by atoms with van der Waals surface area (Å²) in [6.45, 7) is 6.39. The maximum Gasteiger partial charge on any atom is 0.294 e. The molecule has 0 radical (unpaired) electrons. The van der Waals surface area contributed by atoms with Crippen LogP contribution >= 0.6 is 0 Å². The van der Waals surface area contributed by atoms with Gasteiger partial charge >= 0.3 is 0 Å². The van der Waals surface area contributed by atoms with Crippen molar-refractivity contribution < 1.29 is 5.11 Å². The van der Waals surface area contributed by atoms with Crippen molar-refractivity contribution in [3.8, 4) is 5.75 Å². The number of H-pyrrole nitrogens is 1. The van der Waals surface area contributed by atoms with Crippen molar-refractivity contribution in [2.75, 3.05) is 0 Å². The molecule has 0 aliphatic carbocycles. The number of phenols is 1. The van der Waals surface area contributed by atoms with Crippen molar-refractivity contribution in [3.63, 3.8) is 0 Å². The fourth-order valence-electron chi connectivity index (χ4n) is 4.05. The van der Waals surface area contributed by atoms with Crippen molar-refractivity contribution >= 4 is 11.4 Å². The number of phenolic OH excluding ortho intramolecular Hbond substituents is 1. The largest absolute Gasteiger partial charge is 0.505 e. The standard InChI is InChI=1S/C27H28N4O2/c1-18-14-19(2)16-22(15-18)12-13-23-10-7-11-24(26(23)32)28-29-25-20(3)30-31(27(25)33)17-21-8-5-4-6-9-21/h4-11,14-16,30,32H,12-13,17H2,1-3H3. The van der Waals surface area contributed by atoms with E-state index in [-0.39, 0.29) is 17.0 Å². The number of aromatic amines is 1. The van der Waals surface area contributed by atoms with Crippen LogP contribution in [0, 0.1) is 20.8 Å². The summed E-state index contributed by atoms with van der Waals surface area (Å²) in [5.41, 5.74) is 6.49. The van der Waals surface area contributed by atoms with E-state index in [0.717, 1.165) is 17.5 Å². The highest BCUT2D eigenvalue weighted by Gasteiger charge is 2.12. The minimum atomic E-state index is -0.245. The number of hydrogen-bond acceptors (Lipinski definition) is 4. The van der Waals surface area contributed by atoms with Gasteiger partial charge in [-0.15, -0.1) is 10.2 Å². The predicted molar refractivity (Wildman–Crippen MR) is 131 cm³/mol. The molecule has 2 N–H and O–H groups in total. The fourth-order valence-corrected chi connectivity index (χ4v) is 4.05. The van der Waals surface area contributed by atoms with E-state index in [0.29, 0.717) is 24.3 Å². The Bertz CT molecular complexity index is 1330. The lowest BCUT2D eigenvalue weighted by molar-refractivity contribution is 0.469. The van der Waals surface area contributed by atoms with Crippen LogP contribution in [0.4, 0.5) is 11.4 Å². The number of benzene rings is 3. The highest BCUT2D eigenvalue weighted by atomic mass is 16.3. The average molecular weight is 441 g/mol. The van der Waals surface area contributed by atoms with E-state index < -0.39 is 0 Å². The van der Waals surface area contributed by atoms with Gasteiger partial charge in [0.05, 0.1) is 12.2 Å². The fraction of sp³-hybridized carbons (Fsp3) is 0.222. The predicted octanol–water partition coefficient (Wildman–Crippen LogP) is 6.06. The third kappa shape index (κ3) is 5.29. The molecule has 0 fully saturated rings. The lowest BCUT2D eigenvalue weighted by Gasteiger charge is -2.08. The van der Waals surface area contributed by atoms with E-state index in [1.165, 1.54) is 21.4 Å². The monoisotopic (exact) mass is 440 g/mol. The number of nitrogens with zero attached hydrogens (tertiary/aromatic N) is 3. The van der Waals surface area contributed by atoms with Gasteiger partial charge in [0.2, 0.25) is 0 Å². The average Bonchev–Trinajstić information content (AvgIpc) is 3.04. The molecule has 6 nitrogen and oxygen atoms in total. The second-order valence-electron chi connectivity index (χ2n) is 8.44. The summed E-state index contributed by atoms with van der Waals surface area (Å²) < 4.78 is 1.51. The maximum atomic E-state index is 12.8. The van der Waals surface area contributed by atoms with Gasteiger partial charge in [-0.2, -0.15) is 0 Å². The van der Waals surface area contributed by atoms with Crippen LogP contribution in [-0.4, -0.2) is 14.9 Å². The first kappa shape index (κ1) is 22.3. The third-order valence-electron chi connectivity index (χ3n) is 5.61. The highest BCUT2D eigenvalue weighted by Crippen LogP contribution is 2.32. The van der Waals surface area contributed by atoms with Crippen LogP contribution in [-0.2, 0) is 19.4 Å². The molecule has 0 amide bonds. The van der Waals surface area contributed by atoms with Crippen LogP contribution in [0.2, 0.25) is 0 Å². The first-order valence-electron chi connectivity index (χ1n) is 11.0. The molecule has 168 valence electrons. The van der Waals surface area contributed by atoms with Gasteiger partial charge in [-0.1, -0.05) is 71.8 Å². The first-order chi connectivity index (χ1) is 15.9. The first-order valence-corrected chi connectivity index (χ1v) is 11.0. The molecule has 6 heteroatoms. The number of rotatable bonds is 7. The molecule has 0 spiro atoms. The quantitative estimate of drug-likeness (QED) is 0.343.